The average molecular weight is 238 g/mol. The van der Waals surface area contributed by atoms with Gasteiger partial charge in [0, 0.05) is 0 Å². The van der Waals surface area contributed by atoms with Crippen LogP contribution in [0.3, 0.4) is 0 Å². The second-order valence-electron chi connectivity index (χ2n) is 2.99. The summed E-state index contributed by atoms with van der Waals surface area (Å²) in [5.74, 6) is 0. The molecule has 0 unspecified atom stereocenters. The molecule has 0 fully saturated rings. The van der Waals surface area contributed by atoms with Crippen LogP contribution in [0.2, 0.25) is 0 Å². The molecular formula is C4H6N4O8. The Hall–Kier alpha value is -2.40. The lowest BCUT2D eigenvalue weighted by atomic mass is 10.1. The quantitative estimate of drug-likeness (QED) is 0.338. The van der Waals surface area contributed by atoms with Gasteiger partial charge in [0.25, 0.3) is 0 Å². The summed E-state index contributed by atoms with van der Waals surface area (Å²) in [5.41, 5.74) is -2.95. The minimum atomic E-state index is -2.95. The van der Waals surface area contributed by atoms with E-state index in [2.05, 4.69) is 0 Å². The fourth-order valence-electron chi connectivity index (χ4n) is 0.788. The minimum Gasteiger partial charge on any atom is -0.259 e. The standard InChI is InChI=1S/C4H6N4O8/c1-4(7(13)14,8(15)16)2-3(5(9)10)6(11)12/h3H,2H2,1H3. The zero-order chi connectivity index (χ0) is 13.1. The van der Waals surface area contributed by atoms with Crippen LogP contribution in [-0.4, -0.2) is 31.5 Å². The normalized spacial score (nSPS) is 11.1. The minimum absolute atomic E-state index is 0.479. The molecule has 0 spiro atoms. The molecule has 0 N–H and O–H groups in total. The maximum absolute atomic E-state index is 10.4. The van der Waals surface area contributed by atoms with Gasteiger partial charge in [-0.2, -0.15) is 0 Å². The molecule has 0 bridgehead atoms. The Kier molecular flexibility index (Phi) is 3.75. The van der Waals surface area contributed by atoms with E-state index in [0.29, 0.717) is 6.92 Å². The van der Waals surface area contributed by atoms with Crippen LogP contribution in [0.4, 0.5) is 0 Å². The lowest BCUT2D eigenvalue weighted by Gasteiger charge is -2.11. The van der Waals surface area contributed by atoms with Crippen molar-refractivity contribution in [2.75, 3.05) is 0 Å². The van der Waals surface area contributed by atoms with Crippen molar-refractivity contribution in [3.8, 4) is 0 Å². The molecule has 0 aliphatic rings. The summed E-state index contributed by atoms with van der Waals surface area (Å²) in [6, 6.07) is 0. The van der Waals surface area contributed by atoms with Gasteiger partial charge in [-0.1, -0.05) is 0 Å². The molecule has 0 saturated heterocycles. The largest absolute Gasteiger partial charge is 0.469 e. The first-order chi connectivity index (χ1) is 7.12. The summed E-state index contributed by atoms with van der Waals surface area (Å²) in [6.45, 7) is 0.479. The number of nitrogens with zero attached hydrogens (tertiary/aromatic N) is 4. The summed E-state index contributed by atoms with van der Waals surface area (Å²) in [5, 5.41) is 41.1. The Balaban J connectivity index is 5.16. The monoisotopic (exact) mass is 238 g/mol. The van der Waals surface area contributed by atoms with Crippen LogP contribution in [0, 0.1) is 40.5 Å². The molecule has 0 aromatic rings. The summed E-state index contributed by atoms with van der Waals surface area (Å²) in [7, 11) is 0. The van der Waals surface area contributed by atoms with Crippen LogP contribution < -0.4 is 0 Å². The summed E-state index contributed by atoms with van der Waals surface area (Å²) < 4.78 is 0. The van der Waals surface area contributed by atoms with Crippen molar-refractivity contribution in [1.82, 2.24) is 0 Å². The summed E-state index contributed by atoms with van der Waals surface area (Å²) in [6.07, 6.45) is -4.01. The molecule has 0 aromatic heterocycles. The third-order valence-corrected chi connectivity index (χ3v) is 1.84. The molecule has 90 valence electrons. The highest BCUT2D eigenvalue weighted by Gasteiger charge is 2.59. The predicted molar refractivity (Wildman–Crippen MR) is 44.8 cm³/mol. The van der Waals surface area contributed by atoms with Gasteiger partial charge < -0.3 is 0 Å². The molecule has 0 rings (SSSR count). The number of rotatable bonds is 6. The zero-order valence-corrected chi connectivity index (χ0v) is 7.84. The molecule has 0 aliphatic carbocycles. The van der Waals surface area contributed by atoms with E-state index in [4.69, 9.17) is 0 Å². The first-order valence-electron chi connectivity index (χ1n) is 3.69. The van der Waals surface area contributed by atoms with Crippen molar-refractivity contribution in [2.24, 2.45) is 0 Å². The topological polar surface area (TPSA) is 173 Å². The van der Waals surface area contributed by atoms with Gasteiger partial charge in [-0.05, 0) is 0 Å². The van der Waals surface area contributed by atoms with Crippen LogP contribution in [0.15, 0.2) is 0 Å². The third kappa shape index (κ3) is 2.55. The van der Waals surface area contributed by atoms with Crippen LogP contribution in [-0.2, 0) is 0 Å². The fourth-order valence-corrected chi connectivity index (χ4v) is 0.788. The van der Waals surface area contributed by atoms with E-state index in [1.165, 1.54) is 0 Å². The van der Waals surface area contributed by atoms with Gasteiger partial charge in [-0.15, -0.1) is 0 Å². The van der Waals surface area contributed by atoms with Crippen LogP contribution in [0.1, 0.15) is 13.3 Å². The highest BCUT2D eigenvalue weighted by atomic mass is 16.7. The molecule has 0 saturated carbocycles. The van der Waals surface area contributed by atoms with E-state index in [-0.39, 0.29) is 0 Å². The molecule has 16 heavy (non-hydrogen) atoms. The van der Waals surface area contributed by atoms with Gasteiger partial charge in [0.05, 0.1) is 26.6 Å². The van der Waals surface area contributed by atoms with Gasteiger partial charge in [0.2, 0.25) is 6.42 Å². The van der Waals surface area contributed by atoms with Crippen LogP contribution >= 0.6 is 0 Å². The first kappa shape index (κ1) is 13.6. The third-order valence-electron chi connectivity index (χ3n) is 1.84. The first-order valence-corrected chi connectivity index (χ1v) is 3.69. The Labute approximate surface area is 86.4 Å². The van der Waals surface area contributed by atoms with E-state index in [1.807, 2.05) is 0 Å². The van der Waals surface area contributed by atoms with Gasteiger partial charge in [0.15, 0.2) is 0 Å². The highest BCUT2D eigenvalue weighted by Crippen LogP contribution is 2.19. The zero-order valence-electron chi connectivity index (χ0n) is 7.84. The summed E-state index contributed by atoms with van der Waals surface area (Å²) in [4.78, 5) is 35.5. The number of hydrogen-bond donors (Lipinski definition) is 0. The molecule has 0 amide bonds. The molecule has 12 heteroatoms. The second kappa shape index (κ2) is 4.41. The Morgan fingerprint density at radius 3 is 1.44 bits per heavy atom. The number of hydrogen-bond acceptors (Lipinski definition) is 8. The van der Waals surface area contributed by atoms with Gasteiger partial charge in [-0.3, -0.25) is 40.5 Å². The van der Waals surface area contributed by atoms with Crippen LogP contribution in [0.5, 0.6) is 0 Å². The molecule has 0 aromatic carbocycles. The molecule has 0 radical (unpaired) electrons. The van der Waals surface area contributed by atoms with E-state index in [0.717, 1.165) is 0 Å². The van der Waals surface area contributed by atoms with Crippen molar-refractivity contribution < 1.29 is 19.7 Å². The average Bonchev–Trinajstić information content (AvgIpc) is 2.11. The van der Waals surface area contributed by atoms with Crippen molar-refractivity contribution in [2.45, 2.75) is 25.2 Å². The van der Waals surface area contributed by atoms with Crippen LogP contribution in [0.25, 0.3) is 0 Å². The highest BCUT2D eigenvalue weighted by molar-refractivity contribution is 4.62. The Morgan fingerprint density at radius 1 is 0.938 bits per heavy atom. The SMILES string of the molecule is CC(CC([N+](=O)[O-])[N+](=O)[O-])([N+](=O)[O-])[N+](=O)[O-]. The Bertz CT molecular complexity index is 324. The molecule has 0 heterocycles. The van der Waals surface area contributed by atoms with Crippen molar-refractivity contribution in [1.29, 1.82) is 0 Å². The van der Waals surface area contributed by atoms with Gasteiger partial charge in [0.1, 0.15) is 0 Å². The lowest BCUT2D eigenvalue weighted by molar-refractivity contribution is -0.820. The van der Waals surface area contributed by atoms with E-state index in [9.17, 15) is 40.5 Å². The fraction of sp³-hybridized carbons (Fsp3) is 1.00. The molecule has 0 atom stereocenters. The number of nitro groups is 4. The summed E-state index contributed by atoms with van der Waals surface area (Å²) >= 11 is 0. The Morgan fingerprint density at radius 2 is 1.25 bits per heavy atom. The molecular weight excluding hydrogens is 232 g/mol. The second-order valence-corrected chi connectivity index (χ2v) is 2.99. The van der Waals surface area contributed by atoms with Crippen molar-refractivity contribution in [3.05, 3.63) is 40.5 Å². The van der Waals surface area contributed by atoms with Gasteiger partial charge >= 0.3 is 11.8 Å². The van der Waals surface area contributed by atoms with E-state index >= 15 is 0 Å². The van der Waals surface area contributed by atoms with E-state index < -0.39 is 37.9 Å². The predicted octanol–water partition coefficient (Wildman–Crippen LogP) is -0.474. The maximum Gasteiger partial charge on any atom is 0.469 e. The molecule has 12 nitrogen and oxygen atoms in total. The van der Waals surface area contributed by atoms with Gasteiger partial charge in [-0.25, -0.2) is 0 Å². The lowest BCUT2D eigenvalue weighted by Crippen LogP contribution is -2.49. The van der Waals surface area contributed by atoms with E-state index in [1.54, 1.807) is 0 Å². The molecule has 0 aliphatic heterocycles. The smallest absolute Gasteiger partial charge is 0.259 e. The maximum atomic E-state index is 10.4. The van der Waals surface area contributed by atoms with Crippen molar-refractivity contribution >= 4 is 0 Å². The van der Waals surface area contributed by atoms with Crippen molar-refractivity contribution in [3.63, 3.8) is 0 Å².